The van der Waals surface area contributed by atoms with E-state index in [2.05, 4.69) is 26.9 Å². The van der Waals surface area contributed by atoms with Crippen LogP contribution in [0.4, 0.5) is 0 Å². The van der Waals surface area contributed by atoms with E-state index < -0.39 is 0 Å². The summed E-state index contributed by atoms with van der Waals surface area (Å²) in [6, 6.07) is 4.10. The summed E-state index contributed by atoms with van der Waals surface area (Å²) in [5.41, 5.74) is 1.28. The Kier molecular flexibility index (Phi) is 5.37. The van der Waals surface area contributed by atoms with Gasteiger partial charge in [0.05, 0.1) is 19.8 Å². The van der Waals surface area contributed by atoms with Crippen LogP contribution < -0.4 is 0 Å². The van der Waals surface area contributed by atoms with Crippen LogP contribution in [0.3, 0.4) is 0 Å². The van der Waals surface area contributed by atoms with E-state index in [1.807, 2.05) is 17.3 Å². The van der Waals surface area contributed by atoms with Gasteiger partial charge in [-0.15, -0.1) is 0 Å². The Morgan fingerprint density at radius 2 is 1.68 bits per heavy atom. The fourth-order valence-electron chi connectivity index (χ4n) is 2.95. The average Bonchev–Trinajstić information content (AvgIpc) is 2.57. The minimum absolute atomic E-state index is 0.255. The average molecular weight is 304 g/mol. The van der Waals surface area contributed by atoms with Crippen molar-refractivity contribution in [3.63, 3.8) is 0 Å². The van der Waals surface area contributed by atoms with Crippen LogP contribution in [0.1, 0.15) is 5.56 Å². The second-order valence-electron chi connectivity index (χ2n) is 5.90. The Labute approximate surface area is 131 Å². The van der Waals surface area contributed by atoms with Crippen LogP contribution in [0, 0.1) is 0 Å². The van der Waals surface area contributed by atoms with Crippen molar-refractivity contribution in [1.82, 2.24) is 19.7 Å². The third-order valence-electron chi connectivity index (χ3n) is 4.34. The number of hydrogen-bond donors (Lipinski definition) is 0. The number of morpholine rings is 1. The summed E-state index contributed by atoms with van der Waals surface area (Å²) in [4.78, 5) is 23.0. The van der Waals surface area contributed by atoms with E-state index in [9.17, 15) is 4.79 Å². The molecule has 120 valence electrons. The second-order valence-corrected chi connectivity index (χ2v) is 5.90. The number of rotatable bonds is 4. The third kappa shape index (κ3) is 4.25. The molecule has 2 aliphatic heterocycles. The van der Waals surface area contributed by atoms with E-state index >= 15 is 0 Å². The van der Waals surface area contributed by atoms with Crippen LogP contribution in [0.25, 0.3) is 0 Å². The molecule has 2 saturated heterocycles. The number of carbonyl (C=O) groups excluding carboxylic acids is 1. The van der Waals surface area contributed by atoms with Crippen LogP contribution in [0.2, 0.25) is 0 Å². The van der Waals surface area contributed by atoms with E-state index in [0.29, 0.717) is 6.54 Å². The first-order valence-electron chi connectivity index (χ1n) is 8.00. The Morgan fingerprint density at radius 3 is 2.36 bits per heavy atom. The summed E-state index contributed by atoms with van der Waals surface area (Å²) < 4.78 is 5.32. The number of nitrogens with zero attached hydrogens (tertiary/aromatic N) is 4. The fourth-order valence-corrected chi connectivity index (χ4v) is 2.95. The Bertz CT molecular complexity index is 468. The predicted octanol–water partition coefficient (Wildman–Crippen LogP) is 0.0580. The molecule has 0 saturated carbocycles. The zero-order valence-electron chi connectivity index (χ0n) is 13.0. The molecule has 6 nitrogen and oxygen atoms in total. The quantitative estimate of drug-likeness (QED) is 0.787. The molecule has 6 heteroatoms. The summed E-state index contributed by atoms with van der Waals surface area (Å²) in [6.45, 7) is 8.24. The highest BCUT2D eigenvalue weighted by Gasteiger charge is 2.23. The highest BCUT2D eigenvalue weighted by atomic mass is 16.5. The van der Waals surface area contributed by atoms with E-state index in [1.54, 1.807) is 0 Å². The highest BCUT2D eigenvalue weighted by Crippen LogP contribution is 2.08. The number of ether oxygens (including phenoxy) is 1. The number of hydrogen-bond acceptors (Lipinski definition) is 5. The molecule has 0 atom stereocenters. The molecular formula is C16H24N4O2. The number of aromatic nitrogens is 1. The summed E-state index contributed by atoms with van der Waals surface area (Å²) in [5, 5.41) is 0. The highest BCUT2D eigenvalue weighted by molar-refractivity contribution is 5.78. The zero-order chi connectivity index (χ0) is 15.2. The zero-order valence-corrected chi connectivity index (χ0v) is 13.0. The molecule has 3 rings (SSSR count). The number of pyridine rings is 1. The molecule has 3 heterocycles. The first kappa shape index (κ1) is 15.4. The van der Waals surface area contributed by atoms with Crippen molar-refractivity contribution in [3.05, 3.63) is 30.1 Å². The normalized spacial score (nSPS) is 21.0. The summed E-state index contributed by atoms with van der Waals surface area (Å²) >= 11 is 0. The molecule has 2 fully saturated rings. The molecule has 2 aliphatic rings. The SMILES string of the molecule is O=C(CN1CCOCC1)N1CCN(Cc2ccncc2)CC1. The Morgan fingerprint density at radius 1 is 1.00 bits per heavy atom. The molecule has 0 N–H and O–H groups in total. The summed E-state index contributed by atoms with van der Waals surface area (Å²) in [6.07, 6.45) is 3.66. The second kappa shape index (κ2) is 7.67. The Hall–Kier alpha value is -1.50. The molecule has 1 aromatic heterocycles. The van der Waals surface area contributed by atoms with Gasteiger partial charge in [0.15, 0.2) is 0 Å². The van der Waals surface area contributed by atoms with E-state index in [-0.39, 0.29) is 5.91 Å². The maximum absolute atomic E-state index is 12.3. The number of amides is 1. The molecule has 0 radical (unpaired) electrons. The monoisotopic (exact) mass is 304 g/mol. The lowest BCUT2D eigenvalue weighted by atomic mass is 10.2. The first-order valence-corrected chi connectivity index (χ1v) is 8.00. The lowest BCUT2D eigenvalue weighted by Crippen LogP contribution is -2.51. The van der Waals surface area contributed by atoms with Crippen molar-refractivity contribution >= 4 is 5.91 Å². The van der Waals surface area contributed by atoms with Crippen LogP contribution >= 0.6 is 0 Å². The summed E-state index contributed by atoms with van der Waals surface area (Å²) in [5.74, 6) is 0.255. The molecule has 22 heavy (non-hydrogen) atoms. The lowest BCUT2D eigenvalue weighted by Gasteiger charge is -2.36. The van der Waals surface area contributed by atoms with Gasteiger partial charge in [-0.05, 0) is 17.7 Å². The predicted molar refractivity (Wildman–Crippen MR) is 83.4 cm³/mol. The van der Waals surface area contributed by atoms with Gasteiger partial charge in [0.1, 0.15) is 0 Å². The van der Waals surface area contributed by atoms with E-state index in [1.165, 1.54) is 5.56 Å². The molecule has 0 bridgehead atoms. The fraction of sp³-hybridized carbons (Fsp3) is 0.625. The van der Waals surface area contributed by atoms with Gasteiger partial charge < -0.3 is 9.64 Å². The Balaban J connectivity index is 1.42. The van der Waals surface area contributed by atoms with Crippen molar-refractivity contribution in [3.8, 4) is 0 Å². The van der Waals surface area contributed by atoms with Gasteiger partial charge in [0.25, 0.3) is 0 Å². The largest absolute Gasteiger partial charge is 0.379 e. The summed E-state index contributed by atoms with van der Waals surface area (Å²) in [7, 11) is 0. The van der Waals surface area contributed by atoms with Gasteiger partial charge in [-0.25, -0.2) is 0 Å². The van der Waals surface area contributed by atoms with Gasteiger partial charge in [-0.2, -0.15) is 0 Å². The van der Waals surface area contributed by atoms with Crippen LogP contribution in [0.15, 0.2) is 24.5 Å². The van der Waals surface area contributed by atoms with Gasteiger partial charge in [0.2, 0.25) is 5.91 Å². The topological polar surface area (TPSA) is 48.9 Å². The van der Waals surface area contributed by atoms with Crippen molar-refractivity contribution < 1.29 is 9.53 Å². The molecule has 0 spiro atoms. The minimum atomic E-state index is 0.255. The van der Waals surface area contributed by atoms with Crippen molar-refractivity contribution in [2.75, 3.05) is 59.0 Å². The minimum Gasteiger partial charge on any atom is -0.379 e. The standard InChI is InChI=1S/C16H24N4O2/c21-16(14-19-9-11-22-12-10-19)20-7-5-18(6-8-20)13-15-1-3-17-4-2-15/h1-4H,5-14H2. The van der Waals surface area contributed by atoms with Crippen LogP contribution in [0.5, 0.6) is 0 Å². The maximum atomic E-state index is 12.3. The molecule has 0 aromatic carbocycles. The van der Waals surface area contributed by atoms with E-state index in [4.69, 9.17) is 4.74 Å². The van der Waals surface area contributed by atoms with Crippen LogP contribution in [-0.2, 0) is 16.1 Å². The molecular weight excluding hydrogens is 280 g/mol. The molecule has 0 aliphatic carbocycles. The molecule has 1 amide bonds. The van der Waals surface area contributed by atoms with Gasteiger partial charge in [-0.1, -0.05) is 0 Å². The smallest absolute Gasteiger partial charge is 0.236 e. The number of carbonyl (C=O) groups is 1. The van der Waals surface area contributed by atoms with Crippen molar-refractivity contribution in [1.29, 1.82) is 0 Å². The molecule has 0 unspecified atom stereocenters. The lowest BCUT2D eigenvalue weighted by molar-refractivity contribution is -0.135. The van der Waals surface area contributed by atoms with E-state index in [0.717, 1.165) is 59.0 Å². The maximum Gasteiger partial charge on any atom is 0.236 e. The van der Waals surface area contributed by atoms with Crippen molar-refractivity contribution in [2.24, 2.45) is 0 Å². The number of piperazine rings is 1. The van der Waals surface area contributed by atoms with Gasteiger partial charge in [-0.3, -0.25) is 19.6 Å². The van der Waals surface area contributed by atoms with Gasteiger partial charge in [0, 0.05) is 58.2 Å². The van der Waals surface area contributed by atoms with Crippen LogP contribution in [-0.4, -0.2) is 84.6 Å². The van der Waals surface area contributed by atoms with Crippen molar-refractivity contribution in [2.45, 2.75) is 6.54 Å². The first-order chi connectivity index (χ1) is 10.8. The molecule has 1 aromatic rings. The van der Waals surface area contributed by atoms with Gasteiger partial charge >= 0.3 is 0 Å². The third-order valence-corrected chi connectivity index (χ3v) is 4.34.